The minimum absolute atomic E-state index is 0.388. The average molecular weight is 458 g/mol. The van der Waals surface area contributed by atoms with E-state index >= 15 is 0 Å². The summed E-state index contributed by atoms with van der Waals surface area (Å²) in [5.74, 6) is 0.173. The van der Waals surface area contributed by atoms with Crippen LogP contribution in [-0.2, 0) is 10.4 Å². The fourth-order valence-electron chi connectivity index (χ4n) is 4.99. The van der Waals surface area contributed by atoms with Crippen LogP contribution in [0.25, 0.3) is 0 Å². The van der Waals surface area contributed by atoms with Crippen molar-refractivity contribution in [2.24, 2.45) is 0 Å². The second-order valence-corrected chi connectivity index (χ2v) is 9.28. The summed E-state index contributed by atoms with van der Waals surface area (Å²) in [6.45, 7) is 5.71. The molecule has 4 rings (SSSR count). The molecule has 5 nitrogen and oxygen atoms in total. The summed E-state index contributed by atoms with van der Waals surface area (Å²) in [6, 6.07) is 24.5. The molecule has 3 aromatic rings. The van der Waals surface area contributed by atoms with E-state index in [2.05, 4.69) is 29.3 Å². The predicted molar refractivity (Wildman–Crippen MR) is 138 cm³/mol. The smallest absolute Gasteiger partial charge is 0.261 e. The number of hydrogen-bond donors (Lipinski definition) is 3. The maximum absolute atomic E-state index is 13.2. The number of piperidine rings is 1. The molecule has 3 aromatic carbocycles. The molecule has 34 heavy (non-hydrogen) atoms. The number of carbonyl (C=O) groups is 1. The molecule has 0 saturated carbocycles. The van der Waals surface area contributed by atoms with E-state index in [1.807, 2.05) is 42.5 Å². The normalized spacial score (nSPS) is 15.2. The molecule has 5 heteroatoms. The van der Waals surface area contributed by atoms with Gasteiger partial charge in [0.1, 0.15) is 0 Å². The molecule has 0 bridgehead atoms. The summed E-state index contributed by atoms with van der Waals surface area (Å²) < 4.78 is 0. The van der Waals surface area contributed by atoms with Crippen LogP contribution < -0.4 is 11.1 Å². The van der Waals surface area contributed by atoms with Crippen LogP contribution in [0.2, 0.25) is 0 Å². The van der Waals surface area contributed by atoms with Crippen molar-refractivity contribution in [2.45, 2.75) is 37.7 Å². The van der Waals surface area contributed by atoms with Crippen molar-refractivity contribution in [3.05, 3.63) is 101 Å². The van der Waals surface area contributed by atoms with E-state index in [-0.39, 0.29) is 5.91 Å². The highest BCUT2D eigenvalue weighted by Gasteiger charge is 2.39. The fourth-order valence-corrected chi connectivity index (χ4v) is 4.99. The van der Waals surface area contributed by atoms with Crippen molar-refractivity contribution >= 4 is 11.6 Å². The number of likely N-dealkylation sites (tertiary alicyclic amines) is 1. The Labute approximate surface area is 202 Å². The van der Waals surface area contributed by atoms with Gasteiger partial charge in [0.15, 0.2) is 5.60 Å². The van der Waals surface area contributed by atoms with Gasteiger partial charge in [-0.1, -0.05) is 66.7 Å². The minimum atomic E-state index is -1.71. The maximum Gasteiger partial charge on any atom is 0.261 e. The van der Waals surface area contributed by atoms with Gasteiger partial charge >= 0.3 is 0 Å². The Morgan fingerprint density at radius 3 is 2.18 bits per heavy atom. The van der Waals surface area contributed by atoms with Gasteiger partial charge in [0.05, 0.1) is 0 Å². The SMILES string of the molecule is Cc1ccc(N)cc1C1CCN(CCCNC(=O)C(O)(c2ccccc2)c2ccccc2)CC1. The lowest BCUT2D eigenvalue weighted by Gasteiger charge is -2.33. The summed E-state index contributed by atoms with van der Waals surface area (Å²) in [6.07, 6.45) is 3.09. The van der Waals surface area contributed by atoms with Crippen molar-refractivity contribution in [1.29, 1.82) is 0 Å². The predicted octanol–water partition coefficient (Wildman–Crippen LogP) is 4.20. The first-order valence-corrected chi connectivity index (χ1v) is 12.2. The van der Waals surface area contributed by atoms with Crippen LogP contribution in [-0.4, -0.2) is 42.1 Å². The molecule has 1 amide bonds. The first-order chi connectivity index (χ1) is 16.5. The van der Waals surface area contributed by atoms with Crippen LogP contribution in [0.15, 0.2) is 78.9 Å². The molecule has 1 fully saturated rings. The van der Waals surface area contributed by atoms with Crippen molar-refractivity contribution in [2.75, 3.05) is 31.9 Å². The van der Waals surface area contributed by atoms with Gasteiger partial charge in [-0.15, -0.1) is 0 Å². The van der Waals surface area contributed by atoms with Crippen LogP contribution in [0, 0.1) is 6.92 Å². The molecule has 0 atom stereocenters. The van der Waals surface area contributed by atoms with Gasteiger partial charge in [-0.2, -0.15) is 0 Å². The minimum Gasteiger partial charge on any atom is -0.399 e. The van der Waals surface area contributed by atoms with Crippen molar-refractivity contribution in [3.8, 4) is 0 Å². The highest BCUT2D eigenvalue weighted by atomic mass is 16.3. The Kier molecular flexibility index (Phi) is 7.66. The number of amides is 1. The quantitative estimate of drug-likeness (QED) is 0.350. The van der Waals surface area contributed by atoms with Gasteiger partial charge < -0.3 is 21.1 Å². The number of nitrogens with two attached hydrogens (primary N) is 1. The fraction of sp³-hybridized carbons (Fsp3) is 0.345. The number of aliphatic hydroxyl groups is 1. The molecule has 0 spiro atoms. The number of nitrogens with one attached hydrogen (secondary N) is 1. The summed E-state index contributed by atoms with van der Waals surface area (Å²) in [5, 5.41) is 14.5. The van der Waals surface area contributed by atoms with Crippen LogP contribution >= 0.6 is 0 Å². The second-order valence-electron chi connectivity index (χ2n) is 9.28. The second kappa shape index (κ2) is 10.9. The number of rotatable bonds is 8. The molecule has 4 N–H and O–H groups in total. The van der Waals surface area contributed by atoms with Crippen LogP contribution in [0.4, 0.5) is 5.69 Å². The number of carbonyl (C=O) groups excluding carboxylic acids is 1. The first-order valence-electron chi connectivity index (χ1n) is 12.2. The van der Waals surface area contributed by atoms with Crippen LogP contribution in [0.3, 0.4) is 0 Å². The molecular formula is C29H35N3O2. The van der Waals surface area contributed by atoms with E-state index in [0.29, 0.717) is 23.6 Å². The third kappa shape index (κ3) is 5.32. The van der Waals surface area contributed by atoms with E-state index in [4.69, 9.17) is 5.73 Å². The monoisotopic (exact) mass is 457 g/mol. The summed E-state index contributed by atoms with van der Waals surface area (Å²) in [7, 11) is 0. The van der Waals surface area contributed by atoms with Gasteiger partial charge in [-0.25, -0.2) is 0 Å². The van der Waals surface area contributed by atoms with Crippen molar-refractivity contribution in [3.63, 3.8) is 0 Å². The third-order valence-corrected chi connectivity index (χ3v) is 6.98. The number of aryl methyl sites for hydroxylation is 1. The molecule has 0 aromatic heterocycles. The summed E-state index contributed by atoms with van der Waals surface area (Å²) in [5.41, 5.74) is 8.97. The zero-order valence-corrected chi connectivity index (χ0v) is 19.9. The topological polar surface area (TPSA) is 78.6 Å². The number of nitrogen functional groups attached to an aromatic ring is 1. The van der Waals surface area contributed by atoms with E-state index in [1.165, 1.54) is 11.1 Å². The molecule has 1 aliphatic heterocycles. The number of nitrogens with zero attached hydrogens (tertiary/aromatic N) is 1. The van der Waals surface area contributed by atoms with Gasteiger partial charge in [0.2, 0.25) is 0 Å². The largest absolute Gasteiger partial charge is 0.399 e. The van der Waals surface area contributed by atoms with Crippen LogP contribution in [0.5, 0.6) is 0 Å². The van der Waals surface area contributed by atoms with E-state index in [1.54, 1.807) is 24.3 Å². The lowest BCUT2D eigenvalue weighted by atomic mass is 9.85. The third-order valence-electron chi connectivity index (χ3n) is 6.98. The first kappa shape index (κ1) is 24.0. The van der Waals surface area contributed by atoms with Crippen molar-refractivity contribution in [1.82, 2.24) is 10.2 Å². The Morgan fingerprint density at radius 2 is 1.59 bits per heavy atom. The van der Waals surface area contributed by atoms with Gasteiger partial charge in [0.25, 0.3) is 5.91 Å². The van der Waals surface area contributed by atoms with Gasteiger partial charge in [0, 0.05) is 12.2 Å². The highest BCUT2D eigenvalue weighted by Crippen LogP contribution is 2.32. The Hall–Kier alpha value is -3.15. The molecule has 1 heterocycles. The highest BCUT2D eigenvalue weighted by molar-refractivity contribution is 5.90. The van der Waals surface area contributed by atoms with Gasteiger partial charge in [-0.3, -0.25) is 4.79 Å². The number of anilines is 1. The molecule has 1 saturated heterocycles. The molecule has 0 radical (unpaired) electrons. The molecule has 0 unspecified atom stereocenters. The number of hydrogen-bond acceptors (Lipinski definition) is 4. The molecule has 1 aliphatic rings. The van der Waals surface area contributed by atoms with E-state index in [0.717, 1.165) is 44.6 Å². The zero-order chi connectivity index (χ0) is 24.0. The molecular weight excluding hydrogens is 422 g/mol. The average Bonchev–Trinajstić information content (AvgIpc) is 2.89. The number of benzene rings is 3. The van der Waals surface area contributed by atoms with Gasteiger partial charge in [-0.05, 0) is 86.1 Å². The van der Waals surface area contributed by atoms with Crippen LogP contribution in [0.1, 0.15) is 47.4 Å². The Bertz CT molecular complexity index is 1040. The standard InChI is InChI=1S/C29H35N3O2/c1-22-13-14-26(30)21-27(22)23-15-19-32(20-16-23)18-8-17-31-28(33)29(34,24-9-4-2-5-10-24)25-11-6-3-7-12-25/h2-7,9-14,21,23,34H,8,15-20,30H2,1H3,(H,31,33). The lowest BCUT2D eigenvalue weighted by molar-refractivity contribution is -0.136. The van der Waals surface area contributed by atoms with E-state index in [9.17, 15) is 9.90 Å². The zero-order valence-electron chi connectivity index (χ0n) is 19.9. The Morgan fingerprint density at radius 1 is 1.00 bits per heavy atom. The Balaban J connectivity index is 1.29. The molecule has 178 valence electrons. The van der Waals surface area contributed by atoms with E-state index < -0.39 is 5.60 Å². The lowest BCUT2D eigenvalue weighted by Crippen LogP contribution is -2.46. The molecule has 0 aliphatic carbocycles. The maximum atomic E-state index is 13.2. The summed E-state index contributed by atoms with van der Waals surface area (Å²) in [4.78, 5) is 15.7. The summed E-state index contributed by atoms with van der Waals surface area (Å²) >= 11 is 0. The van der Waals surface area contributed by atoms with Crippen molar-refractivity contribution < 1.29 is 9.90 Å².